The van der Waals surface area contributed by atoms with Crippen molar-refractivity contribution in [2.45, 2.75) is 13.8 Å². The summed E-state index contributed by atoms with van der Waals surface area (Å²) in [7, 11) is 0. The number of rotatable bonds is 7. The molecule has 1 amide bonds. The Morgan fingerprint density at radius 1 is 1.29 bits per heavy atom. The molecule has 5 nitrogen and oxygen atoms in total. The van der Waals surface area contributed by atoms with Gasteiger partial charge in [0.25, 0.3) is 5.91 Å². The summed E-state index contributed by atoms with van der Waals surface area (Å²) in [4.78, 5) is 14.5. The molecule has 0 aliphatic rings. The molecule has 2 N–H and O–H groups in total. The highest BCUT2D eigenvalue weighted by atomic mass is 35.5. The maximum atomic E-state index is 12.5. The summed E-state index contributed by atoms with van der Waals surface area (Å²) in [6, 6.07) is 12.4. The molecule has 0 aliphatic carbocycles. The smallest absolute Gasteiger partial charge is 0.266 e. The van der Waals surface area contributed by atoms with Crippen LogP contribution in [-0.2, 0) is 4.79 Å². The van der Waals surface area contributed by atoms with E-state index in [1.165, 1.54) is 12.1 Å². The number of aliphatic hydroxyl groups excluding tert-OH is 1. The van der Waals surface area contributed by atoms with Gasteiger partial charge in [-0.05, 0) is 61.4 Å². The van der Waals surface area contributed by atoms with E-state index in [2.05, 4.69) is 5.32 Å². The number of likely N-dealkylation sites (N-methyl/N-ethyl adjacent to an activating group) is 1. The lowest BCUT2D eigenvalue weighted by Gasteiger charge is -2.22. The van der Waals surface area contributed by atoms with Gasteiger partial charge in [0.15, 0.2) is 0 Å². The third kappa shape index (κ3) is 5.49. The van der Waals surface area contributed by atoms with Gasteiger partial charge in [0.05, 0.1) is 17.3 Å². The topological polar surface area (TPSA) is 76.4 Å². The second-order valence-corrected chi connectivity index (χ2v) is 6.94. The number of carbonyl (C=O) groups is 1. The lowest BCUT2D eigenvalue weighted by molar-refractivity contribution is -0.112. The predicted molar refractivity (Wildman–Crippen MR) is 115 cm³/mol. The molecule has 0 radical (unpaired) electrons. The number of nitrogens with one attached hydrogen (secondary N) is 1. The number of carbonyl (C=O) groups excluding carboxylic acids is 1. The van der Waals surface area contributed by atoms with Crippen LogP contribution in [0.5, 0.6) is 0 Å². The van der Waals surface area contributed by atoms with Gasteiger partial charge in [-0.25, -0.2) is 0 Å². The predicted octanol–water partition coefficient (Wildman–Crippen LogP) is 4.67. The Morgan fingerprint density at radius 3 is 2.64 bits per heavy atom. The Balaban J connectivity index is 2.27. The number of nitriles is 1. The van der Waals surface area contributed by atoms with E-state index in [1.54, 1.807) is 12.1 Å². The highest BCUT2D eigenvalue weighted by molar-refractivity contribution is 6.36. The average molecular weight is 418 g/mol. The number of amides is 1. The van der Waals surface area contributed by atoms with Crippen LogP contribution >= 0.6 is 23.2 Å². The first-order valence-corrected chi connectivity index (χ1v) is 9.49. The summed E-state index contributed by atoms with van der Waals surface area (Å²) >= 11 is 12.0. The Hall–Kier alpha value is -2.52. The van der Waals surface area contributed by atoms with Crippen LogP contribution in [0.1, 0.15) is 18.1 Å². The van der Waals surface area contributed by atoms with Crippen LogP contribution < -0.4 is 10.2 Å². The lowest BCUT2D eigenvalue weighted by Crippen LogP contribution is -2.26. The van der Waals surface area contributed by atoms with Crippen LogP contribution in [0, 0.1) is 18.3 Å². The van der Waals surface area contributed by atoms with Gasteiger partial charge in [-0.15, -0.1) is 0 Å². The van der Waals surface area contributed by atoms with Crippen molar-refractivity contribution < 1.29 is 9.90 Å². The maximum absolute atomic E-state index is 12.5. The molecule has 0 aromatic heterocycles. The zero-order chi connectivity index (χ0) is 20.7. The summed E-state index contributed by atoms with van der Waals surface area (Å²) in [5.41, 5.74) is 2.94. The normalized spacial score (nSPS) is 11.1. The van der Waals surface area contributed by atoms with Crippen LogP contribution in [0.25, 0.3) is 6.08 Å². The molecule has 0 saturated heterocycles. The number of aliphatic hydroxyl groups is 1. The van der Waals surface area contributed by atoms with Crippen LogP contribution in [0.4, 0.5) is 11.4 Å². The van der Waals surface area contributed by atoms with Gasteiger partial charge >= 0.3 is 0 Å². The highest BCUT2D eigenvalue weighted by Gasteiger charge is 2.13. The monoisotopic (exact) mass is 417 g/mol. The van der Waals surface area contributed by atoms with Gasteiger partial charge in [0.1, 0.15) is 11.6 Å². The van der Waals surface area contributed by atoms with E-state index in [-0.39, 0.29) is 12.2 Å². The maximum Gasteiger partial charge on any atom is 0.266 e. The molecule has 0 heterocycles. The zero-order valence-electron chi connectivity index (χ0n) is 15.7. The summed E-state index contributed by atoms with van der Waals surface area (Å²) in [6.07, 6.45) is 1.54. The first-order chi connectivity index (χ1) is 13.4. The van der Waals surface area contributed by atoms with E-state index < -0.39 is 5.91 Å². The Kier molecular flexibility index (Phi) is 7.89. The summed E-state index contributed by atoms with van der Waals surface area (Å²) in [5, 5.41) is 22.0. The molecule has 2 aromatic carbocycles. The molecule has 0 spiro atoms. The van der Waals surface area contributed by atoms with E-state index in [4.69, 9.17) is 23.2 Å². The van der Waals surface area contributed by atoms with Crippen molar-refractivity contribution in [2.24, 2.45) is 0 Å². The van der Waals surface area contributed by atoms with Crippen molar-refractivity contribution in [3.63, 3.8) is 0 Å². The van der Waals surface area contributed by atoms with E-state index in [1.807, 2.05) is 43.0 Å². The number of hydrogen-bond donors (Lipinski definition) is 2. The molecule has 7 heteroatoms. The Labute approximate surface area is 174 Å². The van der Waals surface area contributed by atoms with E-state index in [9.17, 15) is 15.2 Å². The fraction of sp³-hybridized carbons (Fsp3) is 0.238. The second kappa shape index (κ2) is 10.1. The Morgan fingerprint density at radius 2 is 2.04 bits per heavy atom. The third-order valence-corrected chi connectivity index (χ3v) is 4.78. The van der Waals surface area contributed by atoms with Gasteiger partial charge in [-0.3, -0.25) is 4.79 Å². The molecule has 0 bridgehead atoms. The van der Waals surface area contributed by atoms with Crippen molar-refractivity contribution in [3.8, 4) is 6.07 Å². The summed E-state index contributed by atoms with van der Waals surface area (Å²) in [5.74, 6) is -0.564. The minimum atomic E-state index is -0.564. The largest absolute Gasteiger partial charge is 0.395 e. The fourth-order valence-corrected chi connectivity index (χ4v) is 3.03. The molecule has 146 valence electrons. The molecule has 0 aliphatic heterocycles. The third-order valence-electron chi connectivity index (χ3n) is 4.21. The second-order valence-electron chi connectivity index (χ2n) is 6.09. The molecule has 28 heavy (non-hydrogen) atoms. The van der Waals surface area contributed by atoms with Crippen molar-refractivity contribution >= 4 is 46.6 Å². The quantitative estimate of drug-likeness (QED) is 0.506. The number of anilines is 2. The van der Waals surface area contributed by atoms with Crippen molar-refractivity contribution in [1.29, 1.82) is 5.26 Å². The molecule has 0 fully saturated rings. The van der Waals surface area contributed by atoms with E-state index in [0.717, 1.165) is 23.4 Å². The molecular formula is C21H21Cl2N3O2. The number of halogens is 2. The SMILES string of the molecule is CCN(CCO)c1ccc(/C=C(\C#N)C(=O)Nc2cc(Cl)ccc2Cl)c(C)c1. The fourth-order valence-electron chi connectivity index (χ4n) is 2.70. The number of nitrogens with zero attached hydrogens (tertiary/aromatic N) is 2. The first-order valence-electron chi connectivity index (χ1n) is 8.74. The van der Waals surface area contributed by atoms with Crippen LogP contribution in [-0.4, -0.2) is 30.7 Å². The molecule has 2 aromatic rings. The number of aryl methyl sites for hydroxylation is 1. The van der Waals surface area contributed by atoms with Gasteiger partial charge in [0, 0.05) is 23.8 Å². The lowest BCUT2D eigenvalue weighted by atomic mass is 10.0. The first kappa shape index (κ1) is 21.8. The zero-order valence-corrected chi connectivity index (χ0v) is 17.2. The Bertz CT molecular complexity index is 936. The van der Waals surface area contributed by atoms with E-state index in [0.29, 0.717) is 22.3 Å². The van der Waals surface area contributed by atoms with Crippen molar-refractivity contribution in [2.75, 3.05) is 29.9 Å². The standard InChI is InChI=1S/C21H21Cl2N3O2/c1-3-26(8-9-27)18-6-4-15(14(2)10-18)11-16(13-24)21(28)25-20-12-17(22)5-7-19(20)23/h4-7,10-12,27H,3,8-9H2,1-2H3,(H,25,28)/b16-11+. The van der Waals surface area contributed by atoms with Crippen LogP contribution in [0.15, 0.2) is 42.0 Å². The number of benzene rings is 2. The minimum Gasteiger partial charge on any atom is -0.395 e. The van der Waals surface area contributed by atoms with Crippen molar-refractivity contribution in [1.82, 2.24) is 0 Å². The molecule has 2 rings (SSSR count). The summed E-state index contributed by atoms with van der Waals surface area (Å²) < 4.78 is 0. The molecule has 0 atom stereocenters. The van der Waals surface area contributed by atoms with E-state index >= 15 is 0 Å². The van der Waals surface area contributed by atoms with Crippen molar-refractivity contribution in [3.05, 3.63) is 63.1 Å². The highest BCUT2D eigenvalue weighted by Crippen LogP contribution is 2.26. The van der Waals surface area contributed by atoms with Crippen LogP contribution in [0.3, 0.4) is 0 Å². The summed E-state index contributed by atoms with van der Waals surface area (Å²) in [6.45, 7) is 5.29. The molecule has 0 saturated carbocycles. The van der Waals surface area contributed by atoms with Gasteiger partial charge in [-0.2, -0.15) is 5.26 Å². The molecular weight excluding hydrogens is 397 g/mol. The van der Waals surface area contributed by atoms with Gasteiger partial charge < -0.3 is 15.3 Å². The van der Waals surface area contributed by atoms with Crippen LogP contribution in [0.2, 0.25) is 10.0 Å². The number of hydrogen-bond acceptors (Lipinski definition) is 4. The van der Waals surface area contributed by atoms with Gasteiger partial charge in [0.2, 0.25) is 0 Å². The molecule has 0 unspecified atom stereocenters. The minimum absolute atomic E-state index is 0.0467. The van der Waals surface area contributed by atoms with Gasteiger partial charge in [-0.1, -0.05) is 29.3 Å². The average Bonchev–Trinajstić information content (AvgIpc) is 2.67.